The molecule has 96 valence electrons. The molecule has 0 bridgehead atoms. The summed E-state index contributed by atoms with van der Waals surface area (Å²) in [6.07, 6.45) is 5.62. The van der Waals surface area contributed by atoms with Crippen LogP contribution in [0.5, 0.6) is 0 Å². The predicted octanol–water partition coefficient (Wildman–Crippen LogP) is 1.98. The summed E-state index contributed by atoms with van der Waals surface area (Å²) in [6.45, 7) is 8.69. The summed E-state index contributed by atoms with van der Waals surface area (Å²) in [7, 11) is 1.95. The number of aromatic nitrogens is 2. The third-order valence-electron chi connectivity index (χ3n) is 3.60. The average molecular weight is 237 g/mol. The van der Waals surface area contributed by atoms with Gasteiger partial charge in [0.15, 0.2) is 0 Å². The van der Waals surface area contributed by atoms with Crippen molar-refractivity contribution in [3.63, 3.8) is 0 Å². The van der Waals surface area contributed by atoms with Gasteiger partial charge in [0.2, 0.25) is 0 Å². The second-order valence-electron chi connectivity index (χ2n) is 5.09. The van der Waals surface area contributed by atoms with Gasteiger partial charge in [0.05, 0.1) is 18.4 Å². The maximum atomic E-state index is 6.02. The Labute approximate surface area is 104 Å². The van der Waals surface area contributed by atoms with Crippen molar-refractivity contribution in [1.82, 2.24) is 14.7 Å². The molecule has 2 heterocycles. The minimum absolute atomic E-state index is 0.168. The molecule has 17 heavy (non-hydrogen) atoms. The first-order chi connectivity index (χ1) is 8.10. The van der Waals surface area contributed by atoms with E-state index in [1.807, 2.05) is 17.9 Å². The molecule has 1 saturated heterocycles. The molecule has 0 spiro atoms. The van der Waals surface area contributed by atoms with Crippen LogP contribution >= 0.6 is 0 Å². The van der Waals surface area contributed by atoms with E-state index in [1.165, 1.54) is 12.0 Å². The lowest BCUT2D eigenvalue weighted by molar-refractivity contribution is -0.0892. The van der Waals surface area contributed by atoms with E-state index >= 15 is 0 Å². The molecule has 2 rings (SSSR count). The average Bonchev–Trinajstić information content (AvgIpc) is 2.74. The van der Waals surface area contributed by atoms with Crippen molar-refractivity contribution in [2.24, 2.45) is 7.05 Å². The molecular weight excluding hydrogens is 214 g/mol. The monoisotopic (exact) mass is 237 g/mol. The molecule has 1 aromatic heterocycles. The Morgan fingerprint density at radius 2 is 2.29 bits per heavy atom. The fraction of sp³-hybridized carbons (Fsp3) is 0.769. The quantitative estimate of drug-likeness (QED) is 0.805. The molecule has 0 saturated carbocycles. The lowest BCUT2D eigenvalue weighted by atomic mass is 10.1. The van der Waals surface area contributed by atoms with Crippen molar-refractivity contribution in [3.05, 3.63) is 18.0 Å². The van der Waals surface area contributed by atoms with Gasteiger partial charge in [-0.3, -0.25) is 9.58 Å². The van der Waals surface area contributed by atoms with Crippen LogP contribution in [0.15, 0.2) is 12.4 Å². The minimum atomic E-state index is 0.168. The van der Waals surface area contributed by atoms with Crippen LogP contribution in [-0.2, 0) is 11.8 Å². The maximum absolute atomic E-state index is 6.02. The van der Waals surface area contributed by atoms with Crippen LogP contribution in [0.1, 0.15) is 38.9 Å². The molecule has 0 aliphatic carbocycles. The van der Waals surface area contributed by atoms with Gasteiger partial charge in [-0.25, -0.2) is 0 Å². The molecule has 0 aromatic carbocycles. The van der Waals surface area contributed by atoms with Crippen molar-refractivity contribution in [1.29, 1.82) is 0 Å². The molecule has 0 amide bonds. The van der Waals surface area contributed by atoms with Crippen molar-refractivity contribution in [2.75, 3.05) is 13.1 Å². The van der Waals surface area contributed by atoms with Crippen molar-refractivity contribution >= 4 is 0 Å². The SMILES string of the molecule is CCC(C)N1C[C@@H](C)O[C@@H](c2cnn(C)c2)C1. The molecule has 4 nitrogen and oxygen atoms in total. The molecule has 1 aliphatic rings. The zero-order valence-electron chi connectivity index (χ0n) is 11.3. The summed E-state index contributed by atoms with van der Waals surface area (Å²) in [4.78, 5) is 2.52. The van der Waals surface area contributed by atoms with E-state index in [-0.39, 0.29) is 6.10 Å². The third kappa shape index (κ3) is 2.87. The molecule has 1 fully saturated rings. The lowest BCUT2D eigenvalue weighted by Crippen LogP contribution is -2.46. The van der Waals surface area contributed by atoms with E-state index in [0.717, 1.165) is 13.1 Å². The Morgan fingerprint density at radius 3 is 2.88 bits per heavy atom. The molecule has 0 radical (unpaired) electrons. The third-order valence-corrected chi connectivity index (χ3v) is 3.60. The highest BCUT2D eigenvalue weighted by atomic mass is 16.5. The number of hydrogen-bond acceptors (Lipinski definition) is 3. The standard InChI is InChI=1S/C13H23N3O/c1-5-10(2)16-7-11(3)17-13(9-16)12-6-14-15(4)8-12/h6,8,10-11,13H,5,7,9H2,1-4H3/t10?,11-,13-/m1/s1. The molecule has 1 aliphatic heterocycles. The zero-order chi connectivity index (χ0) is 12.4. The van der Waals surface area contributed by atoms with E-state index in [4.69, 9.17) is 4.74 Å². The van der Waals surface area contributed by atoms with Crippen LogP contribution in [0, 0.1) is 0 Å². The van der Waals surface area contributed by atoms with Gasteiger partial charge in [0.25, 0.3) is 0 Å². The molecule has 3 atom stereocenters. The van der Waals surface area contributed by atoms with E-state index < -0.39 is 0 Å². The van der Waals surface area contributed by atoms with Gasteiger partial charge < -0.3 is 4.74 Å². The first-order valence-electron chi connectivity index (χ1n) is 6.48. The van der Waals surface area contributed by atoms with Crippen LogP contribution in [-0.4, -0.2) is 39.9 Å². The fourth-order valence-corrected chi connectivity index (χ4v) is 2.39. The smallest absolute Gasteiger partial charge is 0.0986 e. The van der Waals surface area contributed by atoms with Crippen molar-refractivity contribution in [3.8, 4) is 0 Å². The van der Waals surface area contributed by atoms with Crippen LogP contribution in [0.3, 0.4) is 0 Å². The topological polar surface area (TPSA) is 30.3 Å². The highest BCUT2D eigenvalue weighted by Crippen LogP contribution is 2.26. The second-order valence-corrected chi connectivity index (χ2v) is 5.09. The Hall–Kier alpha value is -0.870. The van der Waals surface area contributed by atoms with Crippen molar-refractivity contribution < 1.29 is 4.74 Å². The number of rotatable bonds is 3. The molecule has 1 aromatic rings. The highest BCUT2D eigenvalue weighted by molar-refractivity contribution is 5.10. The second kappa shape index (κ2) is 5.19. The summed E-state index contributed by atoms with van der Waals surface area (Å²) < 4.78 is 7.85. The molecule has 0 N–H and O–H groups in total. The lowest BCUT2D eigenvalue weighted by Gasteiger charge is -2.39. The van der Waals surface area contributed by atoms with Gasteiger partial charge in [-0.2, -0.15) is 5.10 Å². The number of aryl methyl sites for hydroxylation is 1. The Bertz CT molecular complexity index is 363. The van der Waals surface area contributed by atoms with E-state index in [2.05, 4.69) is 37.0 Å². The van der Waals surface area contributed by atoms with Crippen LogP contribution in [0.4, 0.5) is 0 Å². The summed E-state index contributed by atoms with van der Waals surface area (Å²) in [5, 5.41) is 4.23. The number of hydrogen-bond donors (Lipinski definition) is 0. The summed E-state index contributed by atoms with van der Waals surface area (Å²) in [5.41, 5.74) is 1.19. The minimum Gasteiger partial charge on any atom is -0.368 e. The maximum Gasteiger partial charge on any atom is 0.0986 e. The summed E-state index contributed by atoms with van der Waals surface area (Å²) >= 11 is 0. The highest BCUT2D eigenvalue weighted by Gasteiger charge is 2.29. The van der Waals surface area contributed by atoms with Crippen LogP contribution < -0.4 is 0 Å². The normalized spacial score (nSPS) is 28.2. The number of nitrogens with zero attached hydrogens (tertiary/aromatic N) is 3. The Morgan fingerprint density at radius 1 is 1.53 bits per heavy atom. The molecular formula is C13H23N3O. The van der Waals surface area contributed by atoms with E-state index in [1.54, 1.807) is 0 Å². The van der Waals surface area contributed by atoms with Gasteiger partial charge >= 0.3 is 0 Å². The van der Waals surface area contributed by atoms with Crippen LogP contribution in [0.2, 0.25) is 0 Å². The van der Waals surface area contributed by atoms with Gasteiger partial charge in [0.1, 0.15) is 0 Å². The Kier molecular flexibility index (Phi) is 3.84. The van der Waals surface area contributed by atoms with E-state index in [0.29, 0.717) is 12.1 Å². The van der Waals surface area contributed by atoms with Crippen LogP contribution in [0.25, 0.3) is 0 Å². The van der Waals surface area contributed by atoms with Gasteiger partial charge in [-0.15, -0.1) is 0 Å². The summed E-state index contributed by atoms with van der Waals surface area (Å²) in [6, 6.07) is 0.625. The van der Waals surface area contributed by atoms with Gasteiger partial charge in [-0.05, 0) is 20.3 Å². The fourth-order valence-electron chi connectivity index (χ4n) is 2.39. The first kappa shape index (κ1) is 12.6. The molecule has 4 heteroatoms. The largest absolute Gasteiger partial charge is 0.368 e. The number of ether oxygens (including phenoxy) is 1. The molecule has 1 unspecified atom stereocenters. The Balaban J connectivity index is 2.08. The van der Waals surface area contributed by atoms with E-state index in [9.17, 15) is 0 Å². The zero-order valence-corrected chi connectivity index (χ0v) is 11.3. The van der Waals surface area contributed by atoms with Gasteiger partial charge in [0, 0.05) is 37.9 Å². The number of morpholine rings is 1. The summed E-state index contributed by atoms with van der Waals surface area (Å²) in [5.74, 6) is 0. The van der Waals surface area contributed by atoms with Crippen molar-refractivity contribution in [2.45, 2.75) is 45.4 Å². The predicted molar refractivity (Wildman–Crippen MR) is 67.8 cm³/mol. The van der Waals surface area contributed by atoms with Gasteiger partial charge in [-0.1, -0.05) is 6.92 Å². The first-order valence-corrected chi connectivity index (χ1v) is 6.48.